The molecule has 1 aromatic heterocycles. The van der Waals surface area contributed by atoms with Crippen LogP contribution in [0.2, 0.25) is 0 Å². The summed E-state index contributed by atoms with van der Waals surface area (Å²) in [5.41, 5.74) is 1.35. The minimum atomic E-state index is -0.255. The number of nitrogens with zero attached hydrogens (tertiary/aromatic N) is 2. The molecule has 1 N–H and O–H groups in total. The summed E-state index contributed by atoms with van der Waals surface area (Å²) in [6, 6.07) is 5.45. The summed E-state index contributed by atoms with van der Waals surface area (Å²) in [5.74, 6) is -0.0319. The lowest BCUT2D eigenvalue weighted by Gasteiger charge is -2.29. The molecule has 1 fully saturated rings. The van der Waals surface area contributed by atoms with Gasteiger partial charge in [-0.2, -0.15) is 0 Å². The molecule has 0 unspecified atom stereocenters. The fraction of sp³-hybridized carbons (Fsp3) is 0.500. The third-order valence-corrected chi connectivity index (χ3v) is 2.86. The summed E-state index contributed by atoms with van der Waals surface area (Å²) in [6.45, 7) is 3.11. The largest absolute Gasteiger partial charge is 0.393 e. The Bertz CT molecular complexity index is 384. The van der Waals surface area contributed by atoms with Crippen LogP contribution in [0, 0.1) is 6.92 Å². The van der Waals surface area contributed by atoms with Gasteiger partial charge in [0.15, 0.2) is 0 Å². The first-order chi connectivity index (χ1) is 7.66. The van der Waals surface area contributed by atoms with Crippen LogP contribution in [0.3, 0.4) is 0 Å². The van der Waals surface area contributed by atoms with E-state index in [0.29, 0.717) is 31.6 Å². The molecule has 2 heterocycles. The summed E-state index contributed by atoms with van der Waals surface area (Å²) in [4.78, 5) is 18.0. The Labute approximate surface area is 94.9 Å². The molecule has 0 aliphatic carbocycles. The highest BCUT2D eigenvalue weighted by atomic mass is 16.3. The lowest BCUT2D eigenvalue weighted by atomic mass is 10.1. The molecule has 2 rings (SSSR count). The van der Waals surface area contributed by atoms with Gasteiger partial charge in [0.1, 0.15) is 5.69 Å². The maximum Gasteiger partial charge on any atom is 0.272 e. The Balaban J connectivity index is 2.08. The van der Waals surface area contributed by atoms with Crippen molar-refractivity contribution in [2.75, 3.05) is 13.1 Å². The molecule has 1 aliphatic heterocycles. The summed E-state index contributed by atoms with van der Waals surface area (Å²) in [5, 5.41) is 9.37. The van der Waals surface area contributed by atoms with Crippen LogP contribution in [-0.4, -0.2) is 40.1 Å². The van der Waals surface area contributed by atoms with E-state index >= 15 is 0 Å². The highest BCUT2D eigenvalue weighted by molar-refractivity contribution is 5.92. The fourth-order valence-electron chi connectivity index (χ4n) is 1.89. The van der Waals surface area contributed by atoms with Crippen LogP contribution in [0.4, 0.5) is 0 Å². The van der Waals surface area contributed by atoms with E-state index in [-0.39, 0.29) is 12.0 Å². The molecule has 0 atom stereocenters. The van der Waals surface area contributed by atoms with Crippen molar-refractivity contribution in [3.8, 4) is 0 Å². The van der Waals surface area contributed by atoms with Gasteiger partial charge in [-0.25, -0.2) is 4.98 Å². The van der Waals surface area contributed by atoms with Crippen molar-refractivity contribution in [2.24, 2.45) is 0 Å². The van der Waals surface area contributed by atoms with Crippen LogP contribution in [0.1, 0.15) is 29.0 Å². The molecule has 0 bridgehead atoms. The number of aryl methyl sites for hydroxylation is 1. The van der Waals surface area contributed by atoms with E-state index in [1.165, 1.54) is 0 Å². The molecule has 86 valence electrons. The summed E-state index contributed by atoms with van der Waals surface area (Å²) >= 11 is 0. The molecular formula is C12H16N2O2. The number of aliphatic hydroxyl groups is 1. The van der Waals surface area contributed by atoms with Crippen LogP contribution in [0.5, 0.6) is 0 Å². The Morgan fingerprint density at radius 2 is 2.12 bits per heavy atom. The van der Waals surface area contributed by atoms with E-state index in [9.17, 15) is 9.90 Å². The maximum atomic E-state index is 12.0. The first-order valence-electron chi connectivity index (χ1n) is 5.58. The number of hydrogen-bond donors (Lipinski definition) is 1. The van der Waals surface area contributed by atoms with E-state index in [1.54, 1.807) is 11.0 Å². The van der Waals surface area contributed by atoms with Gasteiger partial charge in [0, 0.05) is 18.8 Å². The van der Waals surface area contributed by atoms with Gasteiger partial charge in [-0.1, -0.05) is 6.07 Å². The van der Waals surface area contributed by atoms with E-state index in [4.69, 9.17) is 0 Å². The van der Waals surface area contributed by atoms with E-state index in [2.05, 4.69) is 4.98 Å². The third-order valence-electron chi connectivity index (χ3n) is 2.86. The highest BCUT2D eigenvalue weighted by Gasteiger charge is 2.22. The normalized spacial score (nSPS) is 17.5. The number of carbonyl (C=O) groups excluding carboxylic acids is 1. The van der Waals surface area contributed by atoms with Crippen molar-refractivity contribution >= 4 is 5.91 Å². The van der Waals surface area contributed by atoms with Crippen molar-refractivity contribution in [3.05, 3.63) is 29.6 Å². The SMILES string of the molecule is Cc1cccc(C(=O)N2CCC(O)CC2)n1. The number of hydrogen-bond acceptors (Lipinski definition) is 3. The summed E-state index contributed by atoms with van der Waals surface area (Å²) < 4.78 is 0. The van der Waals surface area contributed by atoms with E-state index in [1.807, 2.05) is 19.1 Å². The van der Waals surface area contributed by atoms with Gasteiger partial charge >= 0.3 is 0 Å². The monoisotopic (exact) mass is 220 g/mol. The van der Waals surface area contributed by atoms with Crippen LogP contribution in [-0.2, 0) is 0 Å². The Morgan fingerprint density at radius 3 is 2.75 bits per heavy atom. The second-order valence-electron chi connectivity index (χ2n) is 4.19. The Kier molecular flexibility index (Phi) is 3.19. The smallest absolute Gasteiger partial charge is 0.272 e. The van der Waals surface area contributed by atoms with Gasteiger partial charge in [-0.05, 0) is 31.9 Å². The third kappa shape index (κ3) is 2.39. The fourth-order valence-corrected chi connectivity index (χ4v) is 1.89. The number of pyridine rings is 1. The molecule has 0 spiro atoms. The maximum absolute atomic E-state index is 12.0. The van der Waals surface area contributed by atoms with Crippen LogP contribution < -0.4 is 0 Å². The second kappa shape index (κ2) is 4.61. The predicted octanol–water partition coefficient (Wildman–Crippen LogP) is 0.987. The van der Waals surface area contributed by atoms with Gasteiger partial charge in [-0.15, -0.1) is 0 Å². The molecule has 1 aliphatic rings. The van der Waals surface area contributed by atoms with Gasteiger partial charge in [0.05, 0.1) is 6.10 Å². The van der Waals surface area contributed by atoms with Crippen LogP contribution in [0.25, 0.3) is 0 Å². The summed E-state index contributed by atoms with van der Waals surface area (Å²) in [6.07, 6.45) is 1.07. The number of aliphatic hydroxyl groups excluding tert-OH is 1. The van der Waals surface area contributed by atoms with Gasteiger partial charge in [0.2, 0.25) is 0 Å². The minimum Gasteiger partial charge on any atom is -0.393 e. The van der Waals surface area contributed by atoms with Crippen molar-refractivity contribution in [3.63, 3.8) is 0 Å². The Morgan fingerprint density at radius 1 is 1.44 bits per heavy atom. The zero-order chi connectivity index (χ0) is 11.5. The number of likely N-dealkylation sites (tertiary alicyclic amines) is 1. The number of aromatic nitrogens is 1. The zero-order valence-corrected chi connectivity index (χ0v) is 9.39. The van der Waals surface area contributed by atoms with Crippen molar-refractivity contribution in [1.29, 1.82) is 0 Å². The average Bonchev–Trinajstić information content (AvgIpc) is 2.29. The quantitative estimate of drug-likeness (QED) is 0.767. The minimum absolute atomic E-state index is 0.0319. The molecule has 4 nitrogen and oxygen atoms in total. The number of carbonyl (C=O) groups is 1. The molecule has 4 heteroatoms. The number of amides is 1. The number of rotatable bonds is 1. The number of piperidine rings is 1. The second-order valence-corrected chi connectivity index (χ2v) is 4.19. The molecule has 0 aromatic carbocycles. The topological polar surface area (TPSA) is 53.4 Å². The molecule has 1 saturated heterocycles. The van der Waals surface area contributed by atoms with Crippen LogP contribution in [0.15, 0.2) is 18.2 Å². The Hall–Kier alpha value is -1.42. The van der Waals surface area contributed by atoms with E-state index < -0.39 is 0 Å². The molecule has 0 radical (unpaired) electrons. The van der Waals surface area contributed by atoms with Crippen molar-refractivity contribution < 1.29 is 9.90 Å². The van der Waals surface area contributed by atoms with Gasteiger partial charge < -0.3 is 10.0 Å². The standard InChI is InChI=1S/C12H16N2O2/c1-9-3-2-4-11(13-9)12(16)14-7-5-10(15)6-8-14/h2-4,10,15H,5-8H2,1H3. The lowest BCUT2D eigenvalue weighted by Crippen LogP contribution is -2.40. The molecular weight excluding hydrogens is 204 g/mol. The highest BCUT2D eigenvalue weighted by Crippen LogP contribution is 2.12. The molecule has 16 heavy (non-hydrogen) atoms. The van der Waals surface area contributed by atoms with Crippen molar-refractivity contribution in [2.45, 2.75) is 25.9 Å². The molecule has 1 amide bonds. The van der Waals surface area contributed by atoms with Crippen molar-refractivity contribution in [1.82, 2.24) is 9.88 Å². The lowest BCUT2D eigenvalue weighted by molar-refractivity contribution is 0.0541. The molecule has 1 aromatic rings. The van der Waals surface area contributed by atoms with Gasteiger partial charge in [0.25, 0.3) is 5.91 Å². The summed E-state index contributed by atoms with van der Waals surface area (Å²) in [7, 11) is 0. The first kappa shape index (κ1) is 11.1. The van der Waals surface area contributed by atoms with Crippen LogP contribution >= 0.6 is 0 Å². The predicted molar refractivity (Wildman–Crippen MR) is 60.1 cm³/mol. The van der Waals surface area contributed by atoms with E-state index in [0.717, 1.165) is 5.69 Å². The zero-order valence-electron chi connectivity index (χ0n) is 9.39. The molecule has 0 saturated carbocycles. The van der Waals surface area contributed by atoms with Gasteiger partial charge in [-0.3, -0.25) is 4.79 Å². The first-order valence-corrected chi connectivity index (χ1v) is 5.58. The average molecular weight is 220 g/mol.